The maximum atomic E-state index is 13.1. The molecule has 0 radical (unpaired) electrons. The van der Waals surface area contributed by atoms with Gasteiger partial charge >= 0.3 is 6.03 Å². The lowest BCUT2D eigenvalue weighted by Gasteiger charge is -2.33. The molecule has 0 bridgehead atoms. The molecule has 25 heavy (non-hydrogen) atoms. The van der Waals surface area contributed by atoms with Gasteiger partial charge in [-0.1, -0.05) is 18.2 Å². The summed E-state index contributed by atoms with van der Waals surface area (Å²) in [5.74, 6) is 0.205. The maximum Gasteiger partial charge on any atom is 0.325 e. The number of amides is 3. The van der Waals surface area contributed by atoms with E-state index in [4.69, 9.17) is 16.2 Å². The van der Waals surface area contributed by atoms with Crippen LogP contribution in [0.2, 0.25) is 0 Å². The van der Waals surface area contributed by atoms with Gasteiger partial charge in [0.25, 0.3) is 5.91 Å². The first-order valence-electron chi connectivity index (χ1n) is 7.62. The molecule has 3 heterocycles. The largest absolute Gasteiger partial charge is 0.493 e. The van der Waals surface area contributed by atoms with Crippen LogP contribution in [0.25, 0.3) is 0 Å². The number of nitrogens with two attached hydrogens (primary N) is 2. The van der Waals surface area contributed by atoms with Gasteiger partial charge in [-0.05, 0) is 6.07 Å². The normalized spacial score (nSPS) is 21.8. The van der Waals surface area contributed by atoms with Gasteiger partial charge < -0.3 is 21.5 Å². The van der Waals surface area contributed by atoms with Crippen molar-refractivity contribution in [3.8, 4) is 5.75 Å². The van der Waals surface area contributed by atoms with E-state index < -0.39 is 11.6 Å². The number of carbonyl (C=O) groups excluding carboxylic acids is 2. The van der Waals surface area contributed by atoms with Gasteiger partial charge in [-0.15, -0.1) is 0 Å². The van der Waals surface area contributed by atoms with Crippen molar-refractivity contribution < 1.29 is 14.3 Å². The van der Waals surface area contributed by atoms with E-state index in [1.54, 1.807) is 18.2 Å². The van der Waals surface area contributed by atoms with Crippen molar-refractivity contribution in [2.75, 3.05) is 18.1 Å². The number of benzene rings is 1. The number of fused-ring (bicyclic) bond motifs is 2. The first-order chi connectivity index (χ1) is 12.0. The van der Waals surface area contributed by atoms with E-state index in [9.17, 15) is 9.59 Å². The number of nitrogens with one attached hydrogen (secondary N) is 1. The molecule has 2 aromatic rings. The Kier molecular flexibility index (Phi) is 3.20. The molecule has 2 aliphatic heterocycles. The number of ether oxygens (including phenoxy) is 1. The molecule has 1 saturated heterocycles. The summed E-state index contributed by atoms with van der Waals surface area (Å²) in [5.41, 5.74) is 10.6. The van der Waals surface area contributed by atoms with Crippen LogP contribution in [0.3, 0.4) is 0 Å². The van der Waals surface area contributed by atoms with Crippen molar-refractivity contribution in [2.45, 2.75) is 18.5 Å². The Morgan fingerprint density at radius 3 is 2.64 bits per heavy atom. The number of anilines is 2. The maximum absolute atomic E-state index is 13.1. The smallest absolute Gasteiger partial charge is 0.325 e. The van der Waals surface area contributed by atoms with E-state index >= 15 is 0 Å². The first kappa shape index (κ1) is 15.1. The van der Waals surface area contributed by atoms with E-state index in [1.165, 1.54) is 0 Å². The summed E-state index contributed by atoms with van der Waals surface area (Å²) < 4.78 is 5.59. The van der Waals surface area contributed by atoms with E-state index in [1.807, 2.05) is 6.07 Å². The summed E-state index contributed by atoms with van der Waals surface area (Å²) >= 11 is 0. The molecule has 128 valence electrons. The average molecular weight is 341 g/mol. The summed E-state index contributed by atoms with van der Waals surface area (Å²) in [6.45, 7) is 0.175. The molecule has 1 atom stereocenters. The third-order valence-electron chi connectivity index (χ3n) is 4.27. The highest BCUT2D eigenvalue weighted by atomic mass is 16.5. The van der Waals surface area contributed by atoms with Crippen LogP contribution in [0.5, 0.6) is 5.75 Å². The lowest BCUT2D eigenvalue weighted by Crippen LogP contribution is -2.47. The SMILES string of the molecule is Nc1nc(N)nc(CN2C(=O)N[C@]3(CCOc4ccccc43)C2=O)n1. The molecule has 5 N–H and O–H groups in total. The van der Waals surface area contributed by atoms with Crippen LogP contribution in [0.4, 0.5) is 16.7 Å². The molecule has 3 amide bonds. The first-order valence-corrected chi connectivity index (χ1v) is 7.62. The Labute approximate surface area is 142 Å². The Morgan fingerprint density at radius 2 is 1.88 bits per heavy atom. The van der Waals surface area contributed by atoms with Crippen LogP contribution in [-0.2, 0) is 16.9 Å². The molecule has 1 aromatic carbocycles. The number of para-hydroxylation sites is 1. The minimum Gasteiger partial charge on any atom is -0.493 e. The van der Waals surface area contributed by atoms with Crippen molar-refractivity contribution in [3.05, 3.63) is 35.7 Å². The van der Waals surface area contributed by atoms with Gasteiger partial charge in [0.1, 0.15) is 5.75 Å². The Morgan fingerprint density at radius 1 is 1.16 bits per heavy atom. The van der Waals surface area contributed by atoms with Gasteiger partial charge in [0.15, 0.2) is 11.4 Å². The van der Waals surface area contributed by atoms with Crippen molar-refractivity contribution in [2.24, 2.45) is 0 Å². The lowest BCUT2D eigenvalue weighted by atomic mass is 9.84. The fourth-order valence-electron chi connectivity index (χ4n) is 3.18. The molecule has 1 fully saturated rings. The monoisotopic (exact) mass is 341 g/mol. The Balaban J connectivity index is 1.70. The van der Waals surface area contributed by atoms with Gasteiger partial charge in [-0.2, -0.15) is 15.0 Å². The molecule has 0 unspecified atom stereocenters. The number of imide groups is 1. The second-order valence-corrected chi connectivity index (χ2v) is 5.79. The number of carbonyl (C=O) groups is 2. The zero-order valence-electron chi connectivity index (χ0n) is 13.1. The molecule has 10 nitrogen and oxygen atoms in total. The number of rotatable bonds is 2. The third kappa shape index (κ3) is 2.30. The van der Waals surface area contributed by atoms with Crippen molar-refractivity contribution in [1.29, 1.82) is 0 Å². The Hall–Kier alpha value is -3.43. The van der Waals surface area contributed by atoms with Crippen LogP contribution >= 0.6 is 0 Å². The number of hydrogen-bond acceptors (Lipinski definition) is 8. The second-order valence-electron chi connectivity index (χ2n) is 5.79. The van der Waals surface area contributed by atoms with Crippen molar-refractivity contribution >= 4 is 23.8 Å². The van der Waals surface area contributed by atoms with Gasteiger partial charge in [0.05, 0.1) is 13.2 Å². The fourth-order valence-corrected chi connectivity index (χ4v) is 3.18. The molecule has 2 aliphatic rings. The Bertz CT molecular complexity index is 867. The van der Waals surface area contributed by atoms with E-state index in [-0.39, 0.29) is 30.2 Å². The molecule has 0 saturated carbocycles. The summed E-state index contributed by atoms with van der Waals surface area (Å²) in [7, 11) is 0. The van der Waals surface area contributed by atoms with E-state index in [2.05, 4.69) is 20.3 Å². The van der Waals surface area contributed by atoms with Gasteiger partial charge in [-0.3, -0.25) is 9.69 Å². The second kappa shape index (κ2) is 5.30. The van der Waals surface area contributed by atoms with E-state index in [0.717, 1.165) is 4.90 Å². The molecule has 0 aliphatic carbocycles. The van der Waals surface area contributed by atoms with Crippen LogP contribution in [-0.4, -0.2) is 38.4 Å². The summed E-state index contributed by atoms with van der Waals surface area (Å²) in [6, 6.07) is 6.62. The van der Waals surface area contributed by atoms with Crippen LogP contribution in [0, 0.1) is 0 Å². The number of aromatic nitrogens is 3. The third-order valence-corrected chi connectivity index (χ3v) is 4.27. The predicted molar refractivity (Wildman–Crippen MR) is 86.0 cm³/mol. The molecule has 4 rings (SSSR count). The van der Waals surface area contributed by atoms with Crippen LogP contribution < -0.4 is 21.5 Å². The highest BCUT2D eigenvalue weighted by molar-refractivity contribution is 6.07. The minimum absolute atomic E-state index is 0.0688. The minimum atomic E-state index is -1.14. The highest BCUT2D eigenvalue weighted by Gasteiger charge is 2.54. The summed E-state index contributed by atoms with van der Waals surface area (Å²) in [5, 5.41) is 2.80. The zero-order valence-corrected chi connectivity index (χ0v) is 13.1. The molecular formula is C15H15N7O3. The van der Waals surface area contributed by atoms with Gasteiger partial charge in [-0.25, -0.2) is 4.79 Å². The van der Waals surface area contributed by atoms with Crippen LogP contribution in [0.1, 0.15) is 17.8 Å². The molecular weight excluding hydrogens is 326 g/mol. The number of nitrogen functional groups attached to an aromatic ring is 2. The number of hydrogen-bond donors (Lipinski definition) is 3. The van der Waals surface area contributed by atoms with Gasteiger partial charge in [0, 0.05) is 12.0 Å². The highest BCUT2D eigenvalue weighted by Crippen LogP contribution is 2.41. The zero-order chi connectivity index (χ0) is 17.6. The van der Waals surface area contributed by atoms with E-state index in [0.29, 0.717) is 24.3 Å². The molecule has 1 spiro atoms. The lowest BCUT2D eigenvalue weighted by molar-refractivity contribution is -0.133. The topological polar surface area (TPSA) is 149 Å². The predicted octanol–water partition coefficient (Wildman–Crippen LogP) is -0.234. The molecule has 10 heteroatoms. The quantitative estimate of drug-likeness (QED) is 0.634. The average Bonchev–Trinajstić information content (AvgIpc) is 2.79. The molecule has 1 aromatic heterocycles. The number of urea groups is 1. The van der Waals surface area contributed by atoms with Crippen LogP contribution in [0.15, 0.2) is 24.3 Å². The van der Waals surface area contributed by atoms with Crippen molar-refractivity contribution in [3.63, 3.8) is 0 Å². The fraction of sp³-hybridized carbons (Fsp3) is 0.267. The summed E-state index contributed by atoms with van der Waals surface area (Å²) in [4.78, 5) is 38.1. The number of nitrogens with zero attached hydrogens (tertiary/aromatic N) is 4. The van der Waals surface area contributed by atoms with Crippen molar-refractivity contribution in [1.82, 2.24) is 25.2 Å². The standard InChI is InChI=1S/C15H15N7O3/c16-12-18-10(19-13(17)20-12)7-22-11(23)15(21-14(22)24)5-6-25-9-4-2-1-3-8(9)15/h1-4H,5-7H2,(H,21,24)(H4,16,17,18,19,20)/t15-/m0/s1. The summed E-state index contributed by atoms with van der Waals surface area (Å²) in [6.07, 6.45) is 0.340. The van der Waals surface area contributed by atoms with Gasteiger partial charge in [0.2, 0.25) is 11.9 Å².